The number of benzene rings is 1. The van der Waals surface area contributed by atoms with Gasteiger partial charge in [0.2, 0.25) is 11.8 Å². The van der Waals surface area contributed by atoms with Gasteiger partial charge in [0.1, 0.15) is 11.8 Å². The second-order valence-corrected chi connectivity index (χ2v) is 7.90. The fraction of sp³-hybridized carbons (Fsp3) is 0.500. The predicted octanol–water partition coefficient (Wildman–Crippen LogP) is 0.862. The van der Waals surface area contributed by atoms with Gasteiger partial charge in [-0.3, -0.25) is 9.59 Å². The molecule has 0 saturated carbocycles. The zero-order valence-corrected chi connectivity index (χ0v) is 14.2. The fourth-order valence-electron chi connectivity index (χ4n) is 2.48. The van der Waals surface area contributed by atoms with Crippen molar-refractivity contribution in [2.24, 2.45) is 0 Å². The maximum absolute atomic E-state index is 12.3. The highest BCUT2D eigenvalue weighted by Crippen LogP contribution is 2.16. The van der Waals surface area contributed by atoms with Gasteiger partial charge >= 0.3 is 0 Å². The molecule has 1 aromatic rings. The van der Waals surface area contributed by atoms with E-state index in [2.05, 4.69) is 10.6 Å². The monoisotopic (exact) mass is 338 g/mol. The molecule has 1 saturated heterocycles. The quantitative estimate of drug-likeness (QED) is 0.852. The van der Waals surface area contributed by atoms with Crippen molar-refractivity contribution in [3.63, 3.8) is 0 Å². The Morgan fingerprint density at radius 1 is 1.26 bits per heavy atom. The highest BCUT2D eigenvalue weighted by atomic mass is 32.2. The van der Waals surface area contributed by atoms with E-state index in [1.54, 1.807) is 12.1 Å². The third kappa shape index (κ3) is 4.54. The van der Waals surface area contributed by atoms with Crippen molar-refractivity contribution >= 4 is 21.7 Å². The van der Waals surface area contributed by atoms with Gasteiger partial charge in [0.25, 0.3) is 0 Å². The van der Waals surface area contributed by atoms with Crippen LogP contribution in [-0.4, -0.2) is 38.6 Å². The van der Waals surface area contributed by atoms with E-state index >= 15 is 0 Å². The van der Waals surface area contributed by atoms with Gasteiger partial charge in [-0.15, -0.1) is 0 Å². The van der Waals surface area contributed by atoms with Crippen LogP contribution in [-0.2, 0) is 19.4 Å². The van der Waals surface area contributed by atoms with E-state index in [9.17, 15) is 18.0 Å². The molecule has 1 fully saturated rings. The third-order valence-electron chi connectivity index (χ3n) is 4.03. The zero-order valence-electron chi connectivity index (χ0n) is 13.4. The summed E-state index contributed by atoms with van der Waals surface area (Å²) >= 11 is 0. The minimum atomic E-state index is -3.72. The highest BCUT2D eigenvalue weighted by molar-refractivity contribution is 7.92. The predicted molar refractivity (Wildman–Crippen MR) is 86.8 cm³/mol. The summed E-state index contributed by atoms with van der Waals surface area (Å²) in [5.74, 6) is -1.55. The van der Waals surface area contributed by atoms with Gasteiger partial charge < -0.3 is 10.6 Å². The maximum Gasteiger partial charge on any atom is 0.242 e. The van der Waals surface area contributed by atoms with Crippen molar-refractivity contribution in [3.8, 4) is 0 Å². The number of nitrogens with one attached hydrogen (secondary N) is 2. The zero-order chi connectivity index (χ0) is 17.0. The lowest BCUT2D eigenvalue weighted by atomic mass is 10.1. The summed E-state index contributed by atoms with van der Waals surface area (Å²) in [7, 11) is -3.72. The van der Waals surface area contributed by atoms with Crippen LogP contribution in [0.15, 0.2) is 23.1 Å². The summed E-state index contributed by atoms with van der Waals surface area (Å²) in [6.07, 6.45) is 2.20. The molecule has 23 heavy (non-hydrogen) atoms. The van der Waals surface area contributed by atoms with E-state index in [1.165, 1.54) is 6.07 Å². The van der Waals surface area contributed by atoms with Gasteiger partial charge in [0.05, 0.1) is 4.90 Å². The van der Waals surface area contributed by atoms with Crippen molar-refractivity contribution in [2.75, 3.05) is 12.3 Å². The minimum absolute atomic E-state index is 0.126. The Morgan fingerprint density at radius 3 is 2.70 bits per heavy atom. The number of hydrogen-bond acceptors (Lipinski definition) is 4. The smallest absolute Gasteiger partial charge is 0.242 e. The first-order valence-corrected chi connectivity index (χ1v) is 9.32. The number of rotatable bonds is 4. The summed E-state index contributed by atoms with van der Waals surface area (Å²) in [5.41, 5.74) is 1.85. The van der Waals surface area contributed by atoms with Crippen molar-refractivity contribution in [2.45, 2.75) is 44.0 Å². The van der Waals surface area contributed by atoms with Crippen LogP contribution in [0.1, 0.15) is 30.4 Å². The molecule has 0 bridgehead atoms. The second-order valence-electron chi connectivity index (χ2n) is 5.91. The summed E-state index contributed by atoms with van der Waals surface area (Å²) < 4.78 is 24.7. The van der Waals surface area contributed by atoms with Crippen molar-refractivity contribution in [3.05, 3.63) is 29.3 Å². The number of amides is 2. The van der Waals surface area contributed by atoms with E-state index < -0.39 is 27.5 Å². The Kier molecular flexibility index (Phi) is 5.41. The fourth-order valence-corrected chi connectivity index (χ4v) is 3.70. The highest BCUT2D eigenvalue weighted by Gasteiger charge is 2.26. The second kappa shape index (κ2) is 7.12. The Labute approximate surface area is 136 Å². The van der Waals surface area contributed by atoms with Crippen LogP contribution in [0.5, 0.6) is 0 Å². The lowest BCUT2D eigenvalue weighted by Gasteiger charge is -2.15. The topological polar surface area (TPSA) is 92.3 Å². The van der Waals surface area contributed by atoms with Gasteiger partial charge in [-0.2, -0.15) is 0 Å². The number of carbonyl (C=O) groups excluding carboxylic acids is 2. The van der Waals surface area contributed by atoms with Crippen molar-refractivity contribution in [1.82, 2.24) is 10.6 Å². The van der Waals surface area contributed by atoms with Crippen molar-refractivity contribution < 1.29 is 18.0 Å². The summed E-state index contributed by atoms with van der Waals surface area (Å²) in [5, 5.41) is 5.24. The largest absolute Gasteiger partial charge is 0.354 e. The molecular formula is C16H22N2O4S. The normalized spacial score (nSPS) is 18.9. The number of aryl methyl sites for hydroxylation is 2. The SMILES string of the molecule is Cc1ccc(S(=O)(=O)CC(=O)N[C@@H]2CCCCNC2=O)cc1C. The summed E-state index contributed by atoms with van der Waals surface area (Å²) in [6, 6.07) is 4.14. The van der Waals surface area contributed by atoms with E-state index in [0.29, 0.717) is 13.0 Å². The Bertz CT molecular complexity index is 713. The molecule has 0 aromatic heterocycles. The molecule has 2 amide bonds. The summed E-state index contributed by atoms with van der Waals surface area (Å²) in [4.78, 5) is 24.0. The van der Waals surface area contributed by atoms with Crippen LogP contribution in [0, 0.1) is 13.8 Å². The van der Waals surface area contributed by atoms with E-state index in [4.69, 9.17) is 0 Å². The van der Waals surface area contributed by atoms with Crippen LogP contribution >= 0.6 is 0 Å². The van der Waals surface area contributed by atoms with Gasteiger partial charge in [-0.25, -0.2) is 8.42 Å². The van der Waals surface area contributed by atoms with Crippen LogP contribution < -0.4 is 10.6 Å². The molecular weight excluding hydrogens is 316 g/mol. The first-order valence-electron chi connectivity index (χ1n) is 7.67. The molecule has 0 radical (unpaired) electrons. The number of hydrogen-bond donors (Lipinski definition) is 2. The third-order valence-corrected chi connectivity index (χ3v) is 5.64. The first-order chi connectivity index (χ1) is 10.8. The molecule has 2 N–H and O–H groups in total. The molecule has 0 spiro atoms. The van der Waals surface area contributed by atoms with Gasteiger partial charge in [-0.1, -0.05) is 6.07 Å². The van der Waals surface area contributed by atoms with Gasteiger partial charge in [0, 0.05) is 6.54 Å². The molecule has 1 aromatic carbocycles. The lowest BCUT2D eigenvalue weighted by molar-refractivity contribution is -0.127. The number of sulfone groups is 1. The average Bonchev–Trinajstić information content (AvgIpc) is 2.66. The van der Waals surface area contributed by atoms with Crippen LogP contribution in [0.25, 0.3) is 0 Å². The molecule has 1 atom stereocenters. The molecule has 2 rings (SSSR count). The van der Waals surface area contributed by atoms with Gasteiger partial charge in [-0.05, 0) is 56.4 Å². The van der Waals surface area contributed by atoms with E-state index in [0.717, 1.165) is 24.0 Å². The van der Waals surface area contributed by atoms with Gasteiger partial charge in [0.15, 0.2) is 9.84 Å². The van der Waals surface area contributed by atoms with Crippen molar-refractivity contribution in [1.29, 1.82) is 0 Å². The average molecular weight is 338 g/mol. The lowest BCUT2D eigenvalue weighted by Crippen LogP contribution is -2.47. The van der Waals surface area contributed by atoms with Crippen LogP contribution in [0.3, 0.4) is 0 Å². The molecule has 0 unspecified atom stereocenters. The summed E-state index contributed by atoms with van der Waals surface area (Å²) in [6.45, 7) is 4.31. The minimum Gasteiger partial charge on any atom is -0.354 e. The number of carbonyl (C=O) groups is 2. The molecule has 7 heteroatoms. The molecule has 1 aliphatic rings. The maximum atomic E-state index is 12.3. The standard InChI is InChI=1S/C16H22N2O4S/c1-11-6-7-13(9-12(11)2)23(21,22)10-15(19)18-14-5-3-4-8-17-16(14)20/h6-7,9,14H,3-5,8,10H2,1-2H3,(H,17,20)(H,18,19)/t14-/m1/s1. The molecule has 126 valence electrons. The van der Waals surface area contributed by atoms with E-state index in [1.807, 2.05) is 13.8 Å². The first kappa shape index (κ1) is 17.5. The Hall–Kier alpha value is -1.89. The molecule has 1 heterocycles. The molecule has 6 nitrogen and oxygen atoms in total. The molecule has 1 aliphatic heterocycles. The Morgan fingerprint density at radius 2 is 2.00 bits per heavy atom. The van der Waals surface area contributed by atoms with Crippen LogP contribution in [0.4, 0.5) is 0 Å². The molecule has 0 aliphatic carbocycles. The van der Waals surface area contributed by atoms with E-state index in [-0.39, 0.29) is 10.8 Å². The van der Waals surface area contributed by atoms with Crippen LogP contribution in [0.2, 0.25) is 0 Å². The Balaban J connectivity index is 2.05.